The lowest BCUT2D eigenvalue weighted by atomic mass is 10.1. The molecule has 7 heteroatoms. The maximum atomic E-state index is 12.0. The second kappa shape index (κ2) is 5.56. The van der Waals surface area contributed by atoms with Gasteiger partial charge < -0.3 is 5.32 Å². The minimum Gasteiger partial charge on any atom is -0.343 e. The van der Waals surface area contributed by atoms with Gasteiger partial charge in [0, 0.05) is 11.3 Å². The Morgan fingerprint density at radius 2 is 2.06 bits per heavy atom. The summed E-state index contributed by atoms with van der Waals surface area (Å²) in [7, 11) is 0. The molecule has 0 radical (unpaired) electrons. The van der Waals surface area contributed by atoms with Gasteiger partial charge in [-0.3, -0.25) is 4.79 Å². The van der Waals surface area contributed by atoms with Crippen LogP contribution in [0.3, 0.4) is 0 Å². The lowest BCUT2D eigenvalue weighted by Crippen LogP contribution is -2.33. The predicted molar refractivity (Wildman–Crippen MR) is 61.7 cm³/mol. The number of aromatic nitrogens is 1. The van der Waals surface area contributed by atoms with Gasteiger partial charge >= 0.3 is 6.18 Å². The molecule has 0 unspecified atom stereocenters. The number of carbonyl (C=O) groups is 1. The van der Waals surface area contributed by atoms with Crippen LogP contribution in [0.5, 0.6) is 0 Å². The van der Waals surface area contributed by atoms with E-state index in [1.165, 1.54) is 12.1 Å². The predicted octanol–water partition coefficient (Wildman–Crippen LogP) is 3.15. The molecule has 1 amide bonds. The van der Waals surface area contributed by atoms with Crippen LogP contribution >= 0.6 is 11.6 Å². The quantitative estimate of drug-likeness (QED) is 0.864. The molecule has 0 spiro atoms. The standard InChI is InChI=1S/C11H12ClF3N2O/c1-6(2)8-3-7(4-9(12)17-8)10(18)16-5-11(13,14)15/h3-4,6H,5H2,1-2H3,(H,16,18). The van der Waals surface area contributed by atoms with Crippen LogP contribution in [0.15, 0.2) is 12.1 Å². The van der Waals surface area contributed by atoms with Gasteiger partial charge in [0.25, 0.3) is 5.91 Å². The zero-order valence-corrected chi connectivity index (χ0v) is 10.6. The Morgan fingerprint density at radius 3 is 2.56 bits per heavy atom. The third-order valence-corrected chi connectivity index (χ3v) is 2.31. The average Bonchev–Trinajstić information content (AvgIpc) is 2.23. The first-order valence-electron chi connectivity index (χ1n) is 5.21. The molecule has 100 valence electrons. The SMILES string of the molecule is CC(C)c1cc(C(=O)NCC(F)(F)F)cc(Cl)n1. The molecule has 1 aromatic heterocycles. The molecule has 0 aliphatic rings. The van der Waals surface area contributed by atoms with Gasteiger partial charge in [0.2, 0.25) is 0 Å². The third-order valence-electron chi connectivity index (χ3n) is 2.12. The van der Waals surface area contributed by atoms with E-state index in [9.17, 15) is 18.0 Å². The fraction of sp³-hybridized carbons (Fsp3) is 0.455. The summed E-state index contributed by atoms with van der Waals surface area (Å²) in [4.78, 5) is 15.5. The molecule has 0 fully saturated rings. The number of pyridine rings is 1. The molecule has 0 aliphatic heterocycles. The van der Waals surface area contributed by atoms with Crippen LogP contribution in [0.25, 0.3) is 0 Å². The molecule has 3 nitrogen and oxygen atoms in total. The summed E-state index contributed by atoms with van der Waals surface area (Å²) in [6.45, 7) is 2.31. The summed E-state index contributed by atoms with van der Waals surface area (Å²) in [6.07, 6.45) is -4.44. The van der Waals surface area contributed by atoms with Gasteiger partial charge in [-0.05, 0) is 18.1 Å². The van der Waals surface area contributed by atoms with E-state index >= 15 is 0 Å². The highest BCUT2D eigenvalue weighted by molar-refractivity contribution is 6.29. The van der Waals surface area contributed by atoms with Crippen molar-refractivity contribution in [2.75, 3.05) is 6.54 Å². The van der Waals surface area contributed by atoms with Crippen LogP contribution < -0.4 is 5.32 Å². The van der Waals surface area contributed by atoms with Crippen molar-refractivity contribution < 1.29 is 18.0 Å². The molecular formula is C11H12ClF3N2O. The summed E-state index contributed by atoms with van der Waals surface area (Å²) in [5.74, 6) is -0.795. The number of nitrogens with zero attached hydrogens (tertiary/aromatic N) is 1. The Morgan fingerprint density at radius 1 is 1.44 bits per heavy atom. The fourth-order valence-corrected chi connectivity index (χ4v) is 1.44. The third kappa shape index (κ3) is 4.52. The van der Waals surface area contributed by atoms with E-state index in [1.807, 2.05) is 13.8 Å². The number of halogens is 4. The largest absolute Gasteiger partial charge is 0.405 e. The molecule has 0 saturated carbocycles. The first-order valence-corrected chi connectivity index (χ1v) is 5.59. The Kier molecular flexibility index (Phi) is 4.56. The van der Waals surface area contributed by atoms with Crippen molar-refractivity contribution in [2.24, 2.45) is 0 Å². The van der Waals surface area contributed by atoms with Gasteiger partial charge in [-0.15, -0.1) is 0 Å². The van der Waals surface area contributed by atoms with E-state index in [4.69, 9.17) is 11.6 Å². The van der Waals surface area contributed by atoms with E-state index in [2.05, 4.69) is 4.98 Å². The van der Waals surface area contributed by atoms with Gasteiger partial charge in [-0.2, -0.15) is 13.2 Å². The molecule has 0 bridgehead atoms. The maximum Gasteiger partial charge on any atom is 0.405 e. The smallest absolute Gasteiger partial charge is 0.343 e. The second-order valence-corrected chi connectivity index (χ2v) is 4.44. The molecule has 1 rings (SSSR count). The maximum absolute atomic E-state index is 12.0. The summed E-state index contributed by atoms with van der Waals surface area (Å²) in [5, 5.41) is 1.86. The summed E-state index contributed by atoms with van der Waals surface area (Å²) < 4.78 is 35.9. The summed E-state index contributed by atoms with van der Waals surface area (Å²) in [5.41, 5.74) is 0.627. The van der Waals surface area contributed by atoms with Crippen molar-refractivity contribution in [2.45, 2.75) is 25.9 Å². The monoisotopic (exact) mass is 280 g/mol. The second-order valence-electron chi connectivity index (χ2n) is 4.06. The lowest BCUT2D eigenvalue weighted by molar-refractivity contribution is -0.123. The summed E-state index contributed by atoms with van der Waals surface area (Å²) >= 11 is 5.71. The zero-order chi connectivity index (χ0) is 13.9. The van der Waals surface area contributed by atoms with Crippen LogP contribution in [0.2, 0.25) is 5.15 Å². The number of hydrogen-bond acceptors (Lipinski definition) is 2. The van der Waals surface area contributed by atoms with Crippen LogP contribution in [0.4, 0.5) is 13.2 Å². The highest BCUT2D eigenvalue weighted by atomic mass is 35.5. The van der Waals surface area contributed by atoms with Gasteiger partial charge in [0.15, 0.2) is 0 Å². The van der Waals surface area contributed by atoms with Crippen LogP contribution in [-0.4, -0.2) is 23.6 Å². The van der Waals surface area contributed by atoms with Crippen molar-refractivity contribution >= 4 is 17.5 Å². The van der Waals surface area contributed by atoms with E-state index in [-0.39, 0.29) is 16.6 Å². The Balaban J connectivity index is 2.86. The number of amides is 1. The topological polar surface area (TPSA) is 42.0 Å². The van der Waals surface area contributed by atoms with Gasteiger partial charge in [0.1, 0.15) is 11.7 Å². The van der Waals surface area contributed by atoms with Crippen molar-refractivity contribution in [3.8, 4) is 0 Å². The Hall–Kier alpha value is -1.30. The highest BCUT2D eigenvalue weighted by Crippen LogP contribution is 2.18. The molecule has 0 aromatic carbocycles. The molecular weight excluding hydrogens is 269 g/mol. The molecule has 1 heterocycles. The minimum absolute atomic E-state index is 0.0258. The van der Waals surface area contributed by atoms with E-state index in [0.717, 1.165) is 0 Å². The average molecular weight is 281 g/mol. The molecule has 18 heavy (non-hydrogen) atoms. The summed E-state index contributed by atoms with van der Waals surface area (Å²) in [6, 6.07) is 2.67. The number of alkyl halides is 3. The van der Waals surface area contributed by atoms with Crippen molar-refractivity contribution in [1.82, 2.24) is 10.3 Å². The number of hydrogen-bond donors (Lipinski definition) is 1. The highest BCUT2D eigenvalue weighted by Gasteiger charge is 2.28. The van der Waals surface area contributed by atoms with Crippen LogP contribution in [-0.2, 0) is 0 Å². The van der Waals surface area contributed by atoms with Crippen LogP contribution in [0.1, 0.15) is 35.8 Å². The minimum atomic E-state index is -4.44. The first kappa shape index (κ1) is 14.8. The zero-order valence-electron chi connectivity index (χ0n) is 9.81. The van der Waals surface area contributed by atoms with Crippen molar-refractivity contribution in [3.05, 3.63) is 28.5 Å². The van der Waals surface area contributed by atoms with Crippen molar-refractivity contribution in [1.29, 1.82) is 0 Å². The van der Waals surface area contributed by atoms with Gasteiger partial charge in [-0.25, -0.2) is 4.98 Å². The first-order chi connectivity index (χ1) is 8.19. The number of rotatable bonds is 3. The van der Waals surface area contributed by atoms with Crippen LogP contribution in [0, 0.1) is 0 Å². The lowest BCUT2D eigenvalue weighted by Gasteiger charge is -2.10. The van der Waals surface area contributed by atoms with Gasteiger partial charge in [-0.1, -0.05) is 25.4 Å². The number of carbonyl (C=O) groups excluding carboxylic acids is 1. The molecule has 0 aliphatic carbocycles. The molecule has 0 atom stereocenters. The van der Waals surface area contributed by atoms with Gasteiger partial charge in [0.05, 0.1) is 0 Å². The normalized spacial score (nSPS) is 11.7. The number of nitrogens with one attached hydrogen (secondary N) is 1. The fourth-order valence-electron chi connectivity index (χ4n) is 1.23. The molecule has 0 saturated heterocycles. The van der Waals surface area contributed by atoms with E-state index < -0.39 is 18.6 Å². The molecule has 1 aromatic rings. The Labute approximate surface area is 107 Å². The molecule has 1 N–H and O–H groups in total. The van der Waals surface area contributed by atoms with Crippen molar-refractivity contribution in [3.63, 3.8) is 0 Å². The Bertz CT molecular complexity index is 446. The van der Waals surface area contributed by atoms with E-state index in [1.54, 1.807) is 5.32 Å². The van der Waals surface area contributed by atoms with E-state index in [0.29, 0.717) is 5.69 Å².